The van der Waals surface area contributed by atoms with Crippen LogP contribution in [0.3, 0.4) is 0 Å². The summed E-state index contributed by atoms with van der Waals surface area (Å²) >= 11 is 4.12. The zero-order valence-corrected chi connectivity index (χ0v) is 11.5. The minimum atomic E-state index is -4.67. The Bertz CT molecular complexity index is 599. The van der Waals surface area contributed by atoms with Crippen LogP contribution in [0.2, 0.25) is 0 Å². The van der Waals surface area contributed by atoms with Gasteiger partial charge in [0.25, 0.3) is 0 Å². The van der Waals surface area contributed by atoms with Crippen LogP contribution in [-0.4, -0.2) is 10.1 Å². The van der Waals surface area contributed by atoms with Gasteiger partial charge in [-0.05, 0) is 39.7 Å². The van der Waals surface area contributed by atoms with Crippen LogP contribution < -0.4 is 0 Å². The molecule has 0 radical (unpaired) electrons. The zero-order valence-electron chi connectivity index (χ0n) is 9.08. The Morgan fingerprint density at radius 1 is 1.26 bits per heavy atom. The summed E-state index contributed by atoms with van der Waals surface area (Å²) < 4.78 is 51.2. The first-order chi connectivity index (χ1) is 8.79. The van der Waals surface area contributed by atoms with Crippen molar-refractivity contribution >= 4 is 27.3 Å². The number of aromatic nitrogens is 1. The van der Waals surface area contributed by atoms with Crippen LogP contribution in [0.15, 0.2) is 28.3 Å². The highest BCUT2D eigenvalue weighted by Gasteiger charge is 2.32. The molecule has 8 heteroatoms. The largest absolute Gasteiger partial charge is 0.416 e. The van der Waals surface area contributed by atoms with Crippen LogP contribution in [0.5, 0.6) is 0 Å². The molecule has 1 unspecified atom stereocenters. The molecule has 2 aromatic rings. The molecule has 0 fully saturated rings. The van der Waals surface area contributed by atoms with Gasteiger partial charge in [0.05, 0.1) is 16.0 Å². The van der Waals surface area contributed by atoms with Crippen molar-refractivity contribution in [3.05, 3.63) is 50.1 Å². The van der Waals surface area contributed by atoms with Crippen molar-refractivity contribution in [1.29, 1.82) is 0 Å². The molecule has 102 valence electrons. The number of hydrogen-bond acceptors (Lipinski definition) is 3. The third-order valence-electron chi connectivity index (χ3n) is 2.36. The van der Waals surface area contributed by atoms with Crippen LogP contribution >= 0.6 is 27.3 Å². The van der Waals surface area contributed by atoms with Gasteiger partial charge in [-0.2, -0.15) is 13.2 Å². The van der Waals surface area contributed by atoms with E-state index in [1.807, 2.05) is 0 Å². The lowest BCUT2D eigenvalue weighted by Crippen LogP contribution is -2.08. The van der Waals surface area contributed by atoms with Gasteiger partial charge in [0.1, 0.15) is 16.5 Å². The van der Waals surface area contributed by atoms with Gasteiger partial charge < -0.3 is 5.11 Å². The van der Waals surface area contributed by atoms with Crippen molar-refractivity contribution in [2.75, 3.05) is 0 Å². The van der Waals surface area contributed by atoms with Crippen molar-refractivity contribution in [3.63, 3.8) is 0 Å². The average molecular weight is 356 g/mol. The Hall–Kier alpha value is -0.990. The zero-order chi connectivity index (χ0) is 14.2. The van der Waals surface area contributed by atoms with E-state index in [1.165, 1.54) is 5.51 Å². The number of aliphatic hydroxyl groups excluding tert-OH is 1. The number of benzene rings is 1. The van der Waals surface area contributed by atoms with Crippen molar-refractivity contribution in [3.8, 4) is 0 Å². The molecule has 1 N–H and O–H groups in total. The molecule has 0 aliphatic carbocycles. The molecule has 0 saturated carbocycles. The van der Waals surface area contributed by atoms with Crippen LogP contribution in [0.25, 0.3) is 0 Å². The normalized spacial score (nSPS) is 13.6. The van der Waals surface area contributed by atoms with Gasteiger partial charge in [0, 0.05) is 0 Å². The lowest BCUT2D eigenvalue weighted by atomic mass is 10.0. The molecule has 19 heavy (non-hydrogen) atoms. The molecule has 0 bridgehead atoms. The SMILES string of the molecule is OC(c1cc(F)cc(C(F)(F)F)c1)c1scnc1Br. The fourth-order valence-corrected chi connectivity index (χ4v) is 2.93. The molecule has 1 heterocycles. The smallest absolute Gasteiger partial charge is 0.383 e. The summed E-state index contributed by atoms with van der Waals surface area (Å²) in [6, 6.07) is 1.98. The number of nitrogens with zero attached hydrogens (tertiary/aromatic N) is 1. The number of aliphatic hydroxyl groups is 1. The summed E-state index contributed by atoms with van der Waals surface area (Å²) in [6.07, 6.45) is -6.03. The first-order valence-corrected chi connectivity index (χ1v) is 6.61. The minimum Gasteiger partial charge on any atom is -0.383 e. The van der Waals surface area contributed by atoms with Crippen molar-refractivity contribution in [1.82, 2.24) is 4.98 Å². The molecule has 0 spiro atoms. The van der Waals surface area contributed by atoms with Gasteiger partial charge in [0.2, 0.25) is 0 Å². The quantitative estimate of drug-likeness (QED) is 0.821. The Labute approximate surface area is 117 Å². The van der Waals surface area contributed by atoms with E-state index in [-0.39, 0.29) is 5.56 Å². The fraction of sp³-hybridized carbons (Fsp3) is 0.182. The van der Waals surface area contributed by atoms with Crippen LogP contribution in [0.1, 0.15) is 22.1 Å². The first kappa shape index (κ1) is 14.4. The van der Waals surface area contributed by atoms with Gasteiger partial charge >= 0.3 is 6.18 Å². The van der Waals surface area contributed by atoms with Gasteiger partial charge in [0.15, 0.2) is 0 Å². The maximum atomic E-state index is 13.2. The summed E-state index contributed by atoms with van der Waals surface area (Å²) in [5, 5.41) is 9.98. The third kappa shape index (κ3) is 3.13. The molecular formula is C11H6BrF4NOS. The highest BCUT2D eigenvalue weighted by atomic mass is 79.9. The van der Waals surface area contributed by atoms with E-state index in [1.54, 1.807) is 0 Å². The molecule has 0 amide bonds. The predicted octanol–water partition coefficient (Wildman–Crippen LogP) is 4.15. The molecule has 2 nitrogen and oxygen atoms in total. The van der Waals surface area contributed by atoms with Gasteiger partial charge in [-0.3, -0.25) is 0 Å². The summed E-state index contributed by atoms with van der Waals surface area (Å²) in [6.45, 7) is 0. The molecule has 2 rings (SSSR count). The first-order valence-electron chi connectivity index (χ1n) is 4.93. The van der Waals surface area contributed by atoms with Crippen LogP contribution in [0, 0.1) is 5.82 Å². The number of thiazole rings is 1. The minimum absolute atomic E-state index is 0.169. The van der Waals surface area contributed by atoms with Crippen LogP contribution in [0.4, 0.5) is 17.6 Å². The monoisotopic (exact) mass is 355 g/mol. The van der Waals surface area contributed by atoms with E-state index in [0.717, 1.165) is 23.5 Å². The molecule has 1 aromatic carbocycles. The van der Waals surface area contributed by atoms with E-state index in [2.05, 4.69) is 20.9 Å². The average Bonchev–Trinajstić information content (AvgIpc) is 2.72. The number of alkyl halides is 3. The molecule has 0 saturated heterocycles. The Morgan fingerprint density at radius 3 is 2.47 bits per heavy atom. The van der Waals surface area contributed by atoms with Crippen LogP contribution in [-0.2, 0) is 6.18 Å². The fourth-order valence-electron chi connectivity index (χ4n) is 1.50. The second-order valence-electron chi connectivity index (χ2n) is 3.68. The van der Waals surface area contributed by atoms with Gasteiger partial charge in [-0.15, -0.1) is 11.3 Å². The summed E-state index contributed by atoms with van der Waals surface area (Å²) in [4.78, 5) is 4.13. The Morgan fingerprint density at radius 2 is 1.95 bits per heavy atom. The molecule has 1 aromatic heterocycles. The summed E-state index contributed by atoms with van der Waals surface area (Å²) in [5.41, 5.74) is 0.117. The topological polar surface area (TPSA) is 33.1 Å². The molecule has 0 aliphatic heterocycles. The van der Waals surface area contributed by atoms with Crippen molar-refractivity contribution in [2.45, 2.75) is 12.3 Å². The molecule has 0 aliphatic rings. The van der Waals surface area contributed by atoms with E-state index >= 15 is 0 Å². The lowest BCUT2D eigenvalue weighted by molar-refractivity contribution is -0.137. The second-order valence-corrected chi connectivity index (χ2v) is 5.32. The molecule has 1 atom stereocenters. The Kier molecular flexibility index (Phi) is 3.93. The Balaban J connectivity index is 2.46. The number of hydrogen-bond donors (Lipinski definition) is 1. The van der Waals surface area contributed by atoms with E-state index < -0.39 is 23.7 Å². The number of rotatable bonds is 2. The highest BCUT2D eigenvalue weighted by molar-refractivity contribution is 9.10. The predicted molar refractivity (Wildman–Crippen MR) is 65.3 cm³/mol. The maximum Gasteiger partial charge on any atom is 0.416 e. The van der Waals surface area contributed by atoms with Crippen molar-refractivity contribution in [2.24, 2.45) is 0 Å². The summed E-state index contributed by atoms with van der Waals surface area (Å²) in [7, 11) is 0. The van der Waals surface area contributed by atoms with Crippen molar-refractivity contribution < 1.29 is 22.7 Å². The van der Waals surface area contributed by atoms with Gasteiger partial charge in [-0.1, -0.05) is 0 Å². The third-order valence-corrected chi connectivity index (χ3v) is 4.14. The second kappa shape index (κ2) is 5.18. The van der Waals surface area contributed by atoms with Gasteiger partial charge in [-0.25, -0.2) is 9.37 Å². The molecular weight excluding hydrogens is 350 g/mol. The summed E-state index contributed by atoms with van der Waals surface area (Å²) in [5.74, 6) is -1.05. The number of halogens is 5. The van der Waals surface area contributed by atoms with E-state index in [4.69, 9.17) is 0 Å². The highest BCUT2D eigenvalue weighted by Crippen LogP contribution is 2.35. The standard InChI is InChI=1S/C11H6BrF4NOS/c12-10-9(19-4-17-10)8(18)5-1-6(11(14,15)16)3-7(13)2-5/h1-4,8,18H. The lowest BCUT2D eigenvalue weighted by Gasteiger charge is -2.13. The maximum absolute atomic E-state index is 13.2. The van der Waals surface area contributed by atoms with E-state index in [9.17, 15) is 22.7 Å². The van der Waals surface area contributed by atoms with E-state index in [0.29, 0.717) is 15.5 Å².